The summed E-state index contributed by atoms with van der Waals surface area (Å²) in [5.41, 5.74) is 9.46. The number of aromatic nitrogens is 1. The van der Waals surface area contributed by atoms with Crippen molar-refractivity contribution in [1.29, 1.82) is 5.26 Å². The van der Waals surface area contributed by atoms with Gasteiger partial charge in [0.15, 0.2) is 0 Å². The summed E-state index contributed by atoms with van der Waals surface area (Å²) in [4.78, 5) is 3.07. The van der Waals surface area contributed by atoms with Crippen molar-refractivity contribution in [2.75, 3.05) is 5.73 Å². The minimum atomic E-state index is 0.464. The van der Waals surface area contributed by atoms with Gasteiger partial charge in [-0.15, -0.1) is 0 Å². The van der Waals surface area contributed by atoms with Crippen molar-refractivity contribution in [3.05, 3.63) is 52.7 Å². The van der Waals surface area contributed by atoms with Gasteiger partial charge in [-0.1, -0.05) is 30.3 Å². The van der Waals surface area contributed by atoms with Gasteiger partial charge in [0.2, 0.25) is 0 Å². The van der Waals surface area contributed by atoms with Gasteiger partial charge in [-0.25, -0.2) is 0 Å². The third-order valence-corrected chi connectivity index (χ3v) is 2.72. The highest BCUT2D eigenvalue weighted by Crippen LogP contribution is 2.21. The molecule has 0 fully saturated rings. The van der Waals surface area contributed by atoms with E-state index in [2.05, 4.69) is 23.2 Å². The Morgan fingerprint density at radius 1 is 1.31 bits per heavy atom. The standard InChI is InChI=1S/C13H13N3/c1-9-11(8-14)13(15)16-12(9)7-10-5-3-2-4-6-10/h2-6,16H,7,15H2,1H3. The number of nitrogens with one attached hydrogen (secondary N) is 1. The first-order valence-corrected chi connectivity index (χ1v) is 5.13. The zero-order valence-electron chi connectivity index (χ0n) is 9.12. The predicted octanol–water partition coefficient (Wildman–Crippen LogP) is 2.37. The fourth-order valence-corrected chi connectivity index (χ4v) is 1.79. The Kier molecular flexibility index (Phi) is 2.65. The summed E-state index contributed by atoms with van der Waals surface area (Å²) >= 11 is 0. The Morgan fingerprint density at radius 3 is 2.56 bits per heavy atom. The van der Waals surface area contributed by atoms with Gasteiger partial charge in [0, 0.05) is 12.1 Å². The van der Waals surface area contributed by atoms with E-state index in [1.165, 1.54) is 5.56 Å². The second-order valence-corrected chi connectivity index (χ2v) is 3.79. The van der Waals surface area contributed by atoms with Crippen LogP contribution in [0.25, 0.3) is 0 Å². The van der Waals surface area contributed by atoms with Crippen LogP contribution >= 0.6 is 0 Å². The van der Waals surface area contributed by atoms with Crippen LogP contribution in [0, 0.1) is 18.3 Å². The van der Waals surface area contributed by atoms with Gasteiger partial charge in [-0.3, -0.25) is 0 Å². The molecule has 0 radical (unpaired) electrons. The first-order valence-electron chi connectivity index (χ1n) is 5.13. The van der Waals surface area contributed by atoms with Crippen LogP contribution in [0.15, 0.2) is 30.3 Å². The van der Waals surface area contributed by atoms with Gasteiger partial charge in [0.05, 0.1) is 5.56 Å². The molecule has 2 aromatic rings. The number of aromatic amines is 1. The lowest BCUT2D eigenvalue weighted by molar-refractivity contribution is 1.09. The van der Waals surface area contributed by atoms with Crippen LogP contribution in [-0.4, -0.2) is 4.98 Å². The first-order chi connectivity index (χ1) is 7.72. The van der Waals surface area contributed by atoms with Gasteiger partial charge in [0.25, 0.3) is 0 Å². The summed E-state index contributed by atoms with van der Waals surface area (Å²) in [6.45, 7) is 1.92. The number of nitrogens with two attached hydrogens (primary N) is 1. The van der Waals surface area contributed by atoms with Crippen molar-refractivity contribution in [1.82, 2.24) is 4.98 Å². The van der Waals surface area contributed by atoms with E-state index >= 15 is 0 Å². The van der Waals surface area contributed by atoms with Crippen molar-refractivity contribution < 1.29 is 0 Å². The van der Waals surface area contributed by atoms with E-state index in [-0.39, 0.29) is 0 Å². The van der Waals surface area contributed by atoms with E-state index in [0.717, 1.165) is 17.7 Å². The van der Waals surface area contributed by atoms with E-state index in [1.807, 2.05) is 25.1 Å². The molecule has 0 bridgehead atoms. The number of nitrogens with zero attached hydrogens (tertiary/aromatic N) is 1. The molecule has 1 aromatic carbocycles. The molecule has 0 aliphatic rings. The number of hydrogen-bond donors (Lipinski definition) is 2. The topological polar surface area (TPSA) is 65.6 Å². The van der Waals surface area contributed by atoms with E-state index in [4.69, 9.17) is 11.0 Å². The molecular formula is C13H13N3. The third-order valence-electron chi connectivity index (χ3n) is 2.72. The molecule has 16 heavy (non-hydrogen) atoms. The van der Waals surface area contributed by atoms with Gasteiger partial charge in [0.1, 0.15) is 11.9 Å². The second-order valence-electron chi connectivity index (χ2n) is 3.79. The van der Waals surface area contributed by atoms with Crippen LogP contribution in [0.4, 0.5) is 5.82 Å². The average Bonchev–Trinajstić information content (AvgIpc) is 2.55. The van der Waals surface area contributed by atoms with Crippen molar-refractivity contribution in [2.24, 2.45) is 0 Å². The highest BCUT2D eigenvalue weighted by Gasteiger charge is 2.11. The molecule has 1 heterocycles. The van der Waals surface area contributed by atoms with Crippen molar-refractivity contribution in [3.8, 4) is 6.07 Å². The second kappa shape index (κ2) is 4.11. The van der Waals surface area contributed by atoms with Crippen LogP contribution in [0.5, 0.6) is 0 Å². The molecule has 0 unspecified atom stereocenters. The minimum absolute atomic E-state index is 0.464. The zero-order valence-corrected chi connectivity index (χ0v) is 9.12. The van der Waals surface area contributed by atoms with Crippen LogP contribution in [-0.2, 0) is 6.42 Å². The number of H-pyrrole nitrogens is 1. The highest BCUT2D eigenvalue weighted by atomic mass is 14.9. The SMILES string of the molecule is Cc1c(Cc2ccccc2)[nH]c(N)c1C#N. The van der Waals surface area contributed by atoms with Crippen molar-refractivity contribution in [3.63, 3.8) is 0 Å². The largest absolute Gasteiger partial charge is 0.384 e. The smallest absolute Gasteiger partial charge is 0.119 e. The molecule has 3 heteroatoms. The van der Waals surface area contributed by atoms with Gasteiger partial charge in [-0.05, 0) is 18.1 Å². The maximum Gasteiger partial charge on any atom is 0.119 e. The summed E-state index contributed by atoms with van der Waals surface area (Å²) < 4.78 is 0. The fourth-order valence-electron chi connectivity index (χ4n) is 1.79. The lowest BCUT2D eigenvalue weighted by Crippen LogP contribution is -1.91. The summed E-state index contributed by atoms with van der Waals surface area (Å²) in [5, 5.41) is 8.93. The Labute approximate surface area is 94.5 Å². The monoisotopic (exact) mass is 211 g/mol. The number of benzene rings is 1. The van der Waals surface area contributed by atoms with Crippen LogP contribution in [0.2, 0.25) is 0 Å². The van der Waals surface area contributed by atoms with Gasteiger partial charge >= 0.3 is 0 Å². The number of nitrogen functional groups attached to an aromatic ring is 1. The summed E-state index contributed by atoms with van der Waals surface area (Å²) in [7, 11) is 0. The molecule has 1 aromatic heterocycles. The number of nitriles is 1. The molecule has 3 N–H and O–H groups in total. The lowest BCUT2D eigenvalue weighted by Gasteiger charge is -2.00. The van der Waals surface area contributed by atoms with Crippen molar-refractivity contribution >= 4 is 5.82 Å². The first kappa shape index (κ1) is 10.3. The van der Waals surface area contributed by atoms with Crippen LogP contribution in [0.3, 0.4) is 0 Å². The van der Waals surface area contributed by atoms with E-state index < -0.39 is 0 Å². The molecule has 0 aliphatic carbocycles. The number of hydrogen-bond acceptors (Lipinski definition) is 2. The molecule has 2 rings (SSSR count). The maximum atomic E-state index is 8.93. The zero-order chi connectivity index (χ0) is 11.5. The molecule has 0 saturated carbocycles. The summed E-state index contributed by atoms with van der Waals surface area (Å²) in [5.74, 6) is 0.464. The van der Waals surface area contributed by atoms with Gasteiger partial charge in [-0.2, -0.15) is 5.26 Å². The quantitative estimate of drug-likeness (QED) is 0.800. The fraction of sp³-hybridized carbons (Fsp3) is 0.154. The number of anilines is 1. The molecule has 80 valence electrons. The highest BCUT2D eigenvalue weighted by molar-refractivity contribution is 5.57. The average molecular weight is 211 g/mol. The Balaban J connectivity index is 2.34. The van der Waals surface area contributed by atoms with E-state index in [1.54, 1.807) is 0 Å². The lowest BCUT2D eigenvalue weighted by atomic mass is 10.1. The third kappa shape index (κ3) is 1.78. The van der Waals surface area contributed by atoms with E-state index in [9.17, 15) is 0 Å². The predicted molar refractivity (Wildman–Crippen MR) is 63.9 cm³/mol. The molecule has 0 spiro atoms. The summed E-state index contributed by atoms with van der Waals surface area (Å²) in [6.07, 6.45) is 0.776. The molecule has 0 aliphatic heterocycles. The van der Waals surface area contributed by atoms with E-state index in [0.29, 0.717) is 11.4 Å². The number of rotatable bonds is 2. The molecular weight excluding hydrogens is 198 g/mol. The molecule has 0 atom stereocenters. The minimum Gasteiger partial charge on any atom is -0.384 e. The normalized spacial score (nSPS) is 10.0. The Hall–Kier alpha value is -2.21. The Morgan fingerprint density at radius 2 is 2.00 bits per heavy atom. The molecule has 0 amide bonds. The van der Waals surface area contributed by atoms with Crippen molar-refractivity contribution in [2.45, 2.75) is 13.3 Å². The van der Waals surface area contributed by atoms with Crippen LogP contribution in [0.1, 0.15) is 22.4 Å². The van der Waals surface area contributed by atoms with Gasteiger partial charge < -0.3 is 10.7 Å². The summed E-state index contributed by atoms with van der Waals surface area (Å²) in [6, 6.07) is 12.2. The maximum absolute atomic E-state index is 8.93. The molecule has 3 nitrogen and oxygen atoms in total. The van der Waals surface area contributed by atoms with Crippen LogP contribution < -0.4 is 5.73 Å². The molecule has 0 saturated heterocycles. The Bertz CT molecular complexity index is 532.